The molecule has 118 valence electrons. The van der Waals surface area contributed by atoms with Gasteiger partial charge in [0, 0.05) is 37.3 Å². The Labute approximate surface area is 137 Å². The van der Waals surface area contributed by atoms with E-state index >= 15 is 0 Å². The van der Waals surface area contributed by atoms with Gasteiger partial charge >= 0.3 is 0 Å². The maximum Gasteiger partial charge on any atom is 0.175 e. The fourth-order valence-electron chi connectivity index (χ4n) is 2.39. The number of aromatic nitrogens is 5. The molecular weight excluding hydrogens is 306 g/mol. The first-order valence-electron chi connectivity index (χ1n) is 7.38. The summed E-state index contributed by atoms with van der Waals surface area (Å²) >= 11 is 0. The Morgan fingerprint density at radius 1 is 1.08 bits per heavy atom. The van der Waals surface area contributed by atoms with E-state index in [4.69, 9.17) is 9.62 Å². The van der Waals surface area contributed by atoms with Crippen LogP contribution in [0.1, 0.15) is 23.6 Å². The first-order valence-corrected chi connectivity index (χ1v) is 7.38. The van der Waals surface area contributed by atoms with Crippen LogP contribution in [0.4, 0.5) is 0 Å². The fraction of sp³-hybridized carbons (Fsp3) is 0.125. The Morgan fingerprint density at radius 2 is 2.00 bits per heavy atom. The summed E-state index contributed by atoms with van der Waals surface area (Å²) in [4.78, 5) is 17.0. The molecule has 0 unspecified atom stereocenters. The van der Waals surface area contributed by atoms with E-state index in [0.29, 0.717) is 18.8 Å². The molecule has 8 heteroatoms. The summed E-state index contributed by atoms with van der Waals surface area (Å²) < 4.78 is 4.96. The SMILES string of the molecule is C1=C(c2ccon2)N(Cc2cnccn2)N=C(c2ncccn2)C1. The summed E-state index contributed by atoms with van der Waals surface area (Å²) in [6.45, 7) is 0.461. The monoisotopic (exact) mass is 319 g/mol. The van der Waals surface area contributed by atoms with Gasteiger partial charge in [0.1, 0.15) is 17.7 Å². The van der Waals surface area contributed by atoms with Crippen LogP contribution in [0.25, 0.3) is 5.70 Å². The number of hydrogen-bond acceptors (Lipinski definition) is 8. The van der Waals surface area contributed by atoms with Gasteiger partial charge in [-0.05, 0) is 6.07 Å². The van der Waals surface area contributed by atoms with Crippen molar-refractivity contribution in [3.63, 3.8) is 0 Å². The zero-order valence-corrected chi connectivity index (χ0v) is 12.6. The van der Waals surface area contributed by atoms with Crippen LogP contribution in [-0.4, -0.2) is 35.8 Å². The Kier molecular flexibility index (Phi) is 3.77. The third-order valence-electron chi connectivity index (χ3n) is 3.46. The minimum Gasteiger partial charge on any atom is -0.364 e. The molecule has 1 aliphatic heterocycles. The van der Waals surface area contributed by atoms with Crippen LogP contribution in [-0.2, 0) is 6.54 Å². The van der Waals surface area contributed by atoms with Crippen LogP contribution < -0.4 is 0 Å². The molecule has 0 fully saturated rings. The van der Waals surface area contributed by atoms with Gasteiger partial charge in [-0.25, -0.2) is 9.97 Å². The number of rotatable bonds is 4. The van der Waals surface area contributed by atoms with Gasteiger partial charge in [0.15, 0.2) is 5.82 Å². The molecule has 4 rings (SSSR count). The summed E-state index contributed by atoms with van der Waals surface area (Å²) in [6.07, 6.45) is 12.6. The van der Waals surface area contributed by atoms with E-state index in [1.165, 1.54) is 6.26 Å². The van der Waals surface area contributed by atoms with Gasteiger partial charge in [-0.15, -0.1) is 0 Å². The van der Waals surface area contributed by atoms with Crippen LogP contribution in [0.5, 0.6) is 0 Å². The zero-order chi connectivity index (χ0) is 16.2. The number of nitrogens with zero attached hydrogens (tertiary/aromatic N) is 7. The van der Waals surface area contributed by atoms with Crippen molar-refractivity contribution < 1.29 is 4.52 Å². The van der Waals surface area contributed by atoms with Crippen molar-refractivity contribution in [3.8, 4) is 0 Å². The standard InChI is InChI=1S/C16H13N7O/c1-5-19-16(20-6-1)14-2-3-15(13-4-9-24-22-13)23(21-14)11-12-10-17-7-8-18-12/h1,3-10H,2,11H2. The highest BCUT2D eigenvalue weighted by molar-refractivity contribution is 6.00. The van der Waals surface area contributed by atoms with E-state index in [9.17, 15) is 0 Å². The van der Waals surface area contributed by atoms with Crippen molar-refractivity contribution in [1.82, 2.24) is 30.1 Å². The minimum atomic E-state index is 0.461. The predicted molar refractivity (Wildman–Crippen MR) is 85.2 cm³/mol. The lowest BCUT2D eigenvalue weighted by Gasteiger charge is -2.25. The summed E-state index contributed by atoms with van der Waals surface area (Å²) in [6, 6.07) is 3.58. The van der Waals surface area contributed by atoms with Gasteiger partial charge in [0.25, 0.3) is 0 Å². The Hall–Kier alpha value is -3.42. The molecule has 1 aliphatic rings. The van der Waals surface area contributed by atoms with Crippen molar-refractivity contribution in [2.45, 2.75) is 13.0 Å². The lowest BCUT2D eigenvalue weighted by atomic mass is 10.1. The normalized spacial score (nSPS) is 14.2. The molecule has 0 atom stereocenters. The molecule has 0 spiro atoms. The van der Waals surface area contributed by atoms with E-state index in [1.807, 2.05) is 11.1 Å². The third-order valence-corrected chi connectivity index (χ3v) is 3.46. The van der Waals surface area contributed by atoms with Crippen molar-refractivity contribution >= 4 is 11.4 Å². The molecule has 4 heterocycles. The van der Waals surface area contributed by atoms with Gasteiger partial charge in [-0.1, -0.05) is 11.2 Å². The number of allylic oxidation sites excluding steroid dienone is 1. The molecular formula is C16H13N7O. The van der Waals surface area contributed by atoms with Gasteiger partial charge < -0.3 is 4.52 Å². The first kappa shape index (κ1) is 14.2. The van der Waals surface area contributed by atoms with Crippen LogP contribution in [0, 0.1) is 0 Å². The highest BCUT2D eigenvalue weighted by Crippen LogP contribution is 2.25. The predicted octanol–water partition coefficient (Wildman–Crippen LogP) is 1.91. The quantitative estimate of drug-likeness (QED) is 0.725. The maximum absolute atomic E-state index is 4.96. The zero-order valence-electron chi connectivity index (χ0n) is 12.6. The molecule has 0 saturated carbocycles. The molecule has 0 N–H and O–H groups in total. The Morgan fingerprint density at radius 3 is 2.75 bits per heavy atom. The Bertz CT molecular complexity index is 860. The van der Waals surface area contributed by atoms with Crippen LogP contribution in [0.2, 0.25) is 0 Å². The largest absolute Gasteiger partial charge is 0.364 e. The number of hydrogen-bond donors (Lipinski definition) is 0. The van der Waals surface area contributed by atoms with Crippen molar-refractivity contribution in [2.75, 3.05) is 0 Å². The molecule has 0 aliphatic carbocycles. The second kappa shape index (κ2) is 6.37. The topological polar surface area (TPSA) is 93.2 Å². The fourth-order valence-corrected chi connectivity index (χ4v) is 2.39. The summed E-state index contributed by atoms with van der Waals surface area (Å²) in [5, 5.41) is 10.5. The van der Waals surface area contributed by atoms with Crippen molar-refractivity contribution in [2.24, 2.45) is 5.10 Å². The van der Waals surface area contributed by atoms with Gasteiger partial charge in [-0.2, -0.15) is 5.10 Å². The average Bonchev–Trinajstić information content (AvgIpc) is 3.18. The molecule has 0 saturated heterocycles. The van der Waals surface area contributed by atoms with E-state index in [2.05, 4.69) is 25.1 Å². The second-order valence-corrected chi connectivity index (χ2v) is 5.05. The lowest BCUT2D eigenvalue weighted by Crippen LogP contribution is -2.24. The number of hydrazone groups is 1. The summed E-state index contributed by atoms with van der Waals surface area (Å²) in [7, 11) is 0. The Balaban J connectivity index is 1.68. The van der Waals surface area contributed by atoms with Crippen LogP contribution in [0.15, 0.2) is 65.1 Å². The van der Waals surface area contributed by atoms with E-state index in [-0.39, 0.29) is 0 Å². The van der Waals surface area contributed by atoms with Crippen molar-refractivity contribution in [3.05, 3.63) is 72.7 Å². The van der Waals surface area contributed by atoms with Gasteiger partial charge in [0.2, 0.25) is 0 Å². The van der Waals surface area contributed by atoms with E-state index in [0.717, 1.165) is 22.8 Å². The van der Waals surface area contributed by atoms with Crippen LogP contribution in [0.3, 0.4) is 0 Å². The van der Waals surface area contributed by atoms with Crippen molar-refractivity contribution in [1.29, 1.82) is 0 Å². The first-order chi connectivity index (χ1) is 11.9. The molecule has 0 radical (unpaired) electrons. The lowest BCUT2D eigenvalue weighted by molar-refractivity contribution is 0.386. The molecule has 8 nitrogen and oxygen atoms in total. The van der Waals surface area contributed by atoms with Gasteiger partial charge in [0.05, 0.1) is 24.1 Å². The molecule has 0 aromatic carbocycles. The maximum atomic E-state index is 4.96. The van der Waals surface area contributed by atoms with E-state index in [1.54, 1.807) is 43.1 Å². The molecule has 0 bridgehead atoms. The smallest absolute Gasteiger partial charge is 0.175 e. The summed E-state index contributed by atoms with van der Waals surface area (Å²) in [5.74, 6) is 0.608. The highest BCUT2D eigenvalue weighted by Gasteiger charge is 2.21. The minimum absolute atomic E-state index is 0.461. The highest BCUT2D eigenvalue weighted by atomic mass is 16.5. The van der Waals surface area contributed by atoms with Crippen LogP contribution >= 0.6 is 0 Å². The molecule has 24 heavy (non-hydrogen) atoms. The summed E-state index contributed by atoms with van der Waals surface area (Å²) in [5.41, 5.74) is 3.15. The van der Waals surface area contributed by atoms with E-state index < -0.39 is 0 Å². The molecule has 0 amide bonds. The van der Waals surface area contributed by atoms with Gasteiger partial charge in [-0.3, -0.25) is 15.0 Å². The molecule has 3 aromatic rings. The third kappa shape index (κ3) is 2.89. The second-order valence-electron chi connectivity index (χ2n) is 5.05. The molecule has 3 aromatic heterocycles. The average molecular weight is 319 g/mol.